The van der Waals surface area contributed by atoms with Crippen molar-refractivity contribution >= 4 is 38.0 Å². The SMILES string of the molecule is O=C(O)N1CCC[C@H]1c1nc(Br)c(Br)[nH]1. The van der Waals surface area contributed by atoms with E-state index in [-0.39, 0.29) is 6.04 Å². The van der Waals surface area contributed by atoms with Crippen LogP contribution in [0.5, 0.6) is 0 Å². The van der Waals surface area contributed by atoms with Crippen molar-refractivity contribution < 1.29 is 9.90 Å². The molecule has 7 heteroatoms. The Morgan fingerprint density at radius 3 is 2.87 bits per heavy atom. The lowest BCUT2D eigenvalue weighted by Crippen LogP contribution is -2.29. The molecular formula is C8H9Br2N3O2. The van der Waals surface area contributed by atoms with Crippen LogP contribution >= 0.6 is 31.9 Å². The van der Waals surface area contributed by atoms with Gasteiger partial charge in [-0.15, -0.1) is 0 Å². The first-order valence-corrected chi connectivity index (χ1v) is 6.08. The molecule has 0 aliphatic carbocycles. The molecule has 0 saturated carbocycles. The molecule has 82 valence electrons. The average molecular weight is 339 g/mol. The molecule has 1 saturated heterocycles. The van der Waals surface area contributed by atoms with Gasteiger partial charge in [0.25, 0.3) is 0 Å². The summed E-state index contributed by atoms with van der Waals surface area (Å²) in [5, 5.41) is 8.98. The maximum Gasteiger partial charge on any atom is 0.407 e. The van der Waals surface area contributed by atoms with Crippen LogP contribution in [0.25, 0.3) is 0 Å². The van der Waals surface area contributed by atoms with Gasteiger partial charge in [0.2, 0.25) is 0 Å². The summed E-state index contributed by atoms with van der Waals surface area (Å²) in [4.78, 5) is 19.6. The van der Waals surface area contributed by atoms with E-state index in [0.29, 0.717) is 17.0 Å². The Balaban J connectivity index is 2.26. The molecule has 1 aliphatic heterocycles. The Morgan fingerprint density at radius 1 is 1.60 bits per heavy atom. The Morgan fingerprint density at radius 2 is 2.33 bits per heavy atom. The van der Waals surface area contributed by atoms with Crippen molar-refractivity contribution in [1.82, 2.24) is 14.9 Å². The lowest BCUT2D eigenvalue weighted by atomic mass is 10.2. The number of carbonyl (C=O) groups is 1. The van der Waals surface area contributed by atoms with E-state index in [0.717, 1.165) is 17.4 Å². The number of rotatable bonds is 1. The highest BCUT2D eigenvalue weighted by atomic mass is 79.9. The molecule has 1 fully saturated rings. The van der Waals surface area contributed by atoms with Gasteiger partial charge in [0.1, 0.15) is 15.0 Å². The molecule has 1 amide bonds. The number of hydrogen-bond acceptors (Lipinski definition) is 2. The standard InChI is InChI=1S/C8H9Br2N3O2/c9-5-6(10)12-7(11-5)4-2-1-3-13(4)8(14)15/h4H,1-3H2,(H,11,12)(H,14,15)/t4-/m0/s1. The highest BCUT2D eigenvalue weighted by molar-refractivity contribution is 9.13. The molecular weight excluding hydrogens is 330 g/mol. The number of hydrogen-bond donors (Lipinski definition) is 2. The number of imidazole rings is 1. The van der Waals surface area contributed by atoms with Crippen LogP contribution in [0, 0.1) is 0 Å². The summed E-state index contributed by atoms with van der Waals surface area (Å²) in [6, 6.07) is -0.148. The number of amides is 1. The van der Waals surface area contributed by atoms with Crippen molar-refractivity contribution in [2.45, 2.75) is 18.9 Å². The number of carboxylic acid groups (broad SMARTS) is 1. The fraction of sp³-hybridized carbons (Fsp3) is 0.500. The van der Waals surface area contributed by atoms with E-state index < -0.39 is 6.09 Å². The summed E-state index contributed by atoms with van der Waals surface area (Å²) in [5.41, 5.74) is 0. The Hall–Kier alpha value is -0.560. The zero-order chi connectivity index (χ0) is 11.0. The van der Waals surface area contributed by atoms with Gasteiger partial charge in [0.05, 0.1) is 6.04 Å². The van der Waals surface area contributed by atoms with Gasteiger partial charge in [-0.25, -0.2) is 9.78 Å². The molecule has 2 rings (SSSR count). The van der Waals surface area contributed by atoms with E-state index >= 15 is 0 Å². The fourth-order valence-electron chi connectivity index (χ4n) is 1.78. The van der Waals surface area contributed by atoms with Crippen LogP contribution in [0.4, 0.5) is 4.79 Å². The highest BCUT2D eigenvalue weighted by Crippen LogP contribution is 2.32. The molecule has 0 radical (unpaired) electrons. The summed E-state index contributed by atoms with van der Waals surface area (Å²) in [6.45, 7) is 0.579. The summed E-state index contributed by atoms with van der Waals surface area (Å²) >= 11 is 6.55. The van der Waals surface area contributed by atoms with E-state index in [9.17, 15) is 4.79 Å². The smallest absolute Gasteiger partial charge is 0.407 e. The van der Waals surface area contributed by atoms with Gasteiger partial charge in [0, 0.05) is 6.54 Å². The van der Waals surface area contributed by atoms with Crippen LogP contribution in [-0.4, -0.2) is 32.6 Å². The van der Waals surface area contributed by atoms with Crippen LogP contribution in [0.1, 0.15) is 24.7 Å². The highest BCUT2D eigenvalue weighted by Gasteiger charge is 2.32. The lowest BCUT2D eigenvalue weighted by molar-refractivity contribution is 0.139. The van der Waals surface area contributed by atoms with E-state index in [1.54, 1.807) is 0 Å². The van der Waals surface area contributed by atoms with Crippen molar-refractivity contribution in [3.8, 4) is 0 Å². The molecule has 0 aromatic carbocycles. The van der Waals surface area contributed by atoms with Gasteiger partial charge >= 0.3 is 6.09 Å². The minimum Gasteiger partial charge on any atom is -0.465 e. The number of H-pyrrole nitrogens is 1. The van der Waals surface area contributed by atoms with Gasteiger partial charge in [0.15, 0.2) is 0 Å². The van der Waals surface area contributed by atoms with Crippen molar-refractivity contribution in [1.29, 1.82) is 0 Å². The number of nitrogens with zero attached hydrogens (tertiary/aromatic N) is 2. The van der Waals surface area contributed by atoms with Crippen LogP contribution in [-0.2, 0) is 0 Å². The lowest BCUT2D eigenvalue weighted by Gasteiger charge is -2.19. The van der Waals surface area contributed by atoms with Gasteiger partial charge in [-0.2, -0.15) is 0 Å². The molecule has 5 nitrogen and oxygen atoms in total. The minimum atomic E-state index is -0.888. The van der Waals surface area contributed by atoms with Crippen LogP contribution < -0.4 is 0 Å². The zero-order valence-corrected chi connectivity index (χ0v) is 10.9. The molecule has 1 aromatic rings. The van der Waals surface area contributed by atoms with Crippen molar-refractivity contribution in [2.24, 2.45) is 0 Å². The molecule has 0 spiro atoms. The second-order valence-corrected chi connectivity index (χ2v) is 4.90. The zero-order valence-electron chi connectivity index (χ0n) is 7.70. The van der Waals surface area contributed by atoms with E-state index in [2.05, 4.69) is 41.8 Å². The Kier molecular flexibility index (Phi) is 3.01. The maximum atomic E-state index is 10.9. The summed E-state index contributed by atoms with van der Waals surface area (Å²) in [6.07, 6.45) is 0.812. The number of halogens is 2. The van der Waals surface area contributed by atoms with Crippen molar-refractivity contribution in [3.63, 3.8) is 0 Å². The molecule has 0 unspecified atom stereocenters. The van der Waals surface area contributed by atoms with Crippen molar-refractivity contribution in [2.75, 3.05) is 6.54 Å². The topological polar surface area (TPSA) is 69.2 Å². The third kappa shape index (κ3) is 2.03. The van der Waals surface area contributed by atoms with Gasteiger partial charge in [-0.05, 0) is 44.7 Å². The first kappa shape index (κ1) is 10.9. The maximum absolute atomic E-state index is 10.9. The largest absolute Gasteiger partial charge is 0.465 e. The molecule has 2 heterocycles. The minimum absolute atomic E-state index is 0.148. The quantitative estimate of drug-likeness (QED) is 0.827. The van der Waals surface area contributed by atoms with Crippen LogP contribution in [0.3, 0.4) is 0 Å². The van der Waals surface area contributed by atoms with Gasteiger partial charge in [-0.1, -0.05) is 0 Å². The summed E-state index contributed by atoms with van der Waals surface area (Å²) < 4.78 is 1.42. The molecule has 0 bridgehead atoms. The Labute approximate surface area is 103 Å². The van der Waals surface area contributed by atoms with Crippen LogP contribution in [0.15, 0.2) is 9.21 Å². The fourth-order valence-corrected chi connectivity index (χ4v) is 2.37. The first-order chi connectivity index (χ1) is 7.09. The molecule has 15 heavy (non-hydrogen) atoms. The normalized spacial score (nSPS) is 20.9. The number of aromatic nitrogens is 2. The number of likely N-dealkylation sites (tertiary alicyclic amines) is 1. The molecule has 1 atom stereocenters. The first-order valence-electron chi connectivity index (χ1n) is 4.50. The van der Waals surface area contributed by atoms with Gasteiger partial charge < -0.3 is 10.1 Å². The van der Waals surface area contributed by atoms with Gasteiger partial charge in [-0.3, -0.25) is 4.90 Å². The predicted molar refractivity (Wildman–Crippen MR) is 60.7 cm³/mol. The van der Waals surface area contributed by atoms with E-state index in [1.165, 1.54) is 4.90 Å². The number of nitrogens with one attached hydrogen (secondary N) is 1. The van der Waals surface area contributed by atoms with E-state index in [1.807, 2.05) is 0 Å². The van der Waals surface area contributed by atoms with E-state index in [4.69, 9.17) is 5.11 Å². The molecule has 1 aromatic heterocycles. The second kappa shape index (κ2) is 4.13. The summed E-state index contributed by atoms with van der Waals surface area (Å²) in [7, 11) is 0. The molecule has 2 N–H and O–H groups in total. The third-order valence-electron chi connectivity index (χ3n) is 2.45. The van der Waals surface area contributed by atoms with Crippen LogP contribution in [0.2, 0.25) is 0 Å². The summed E-state index contributed by atoms with van der Waals surface area (Å²) in [5.74, 6) is 0.689. The van der Waals surface area contributed by atoms with Crippen molar-refractivity contribution in [3.05, 3.63) is 15.0 Å². The predicted octanol–water partition coefficient (Wildman–Crippen LogP) is 2.75. The second-order valence-electron chi connectivity index (χ2n) is 3.36. The number of aromatic amines is 1. The Bertz CT molecular complexity index is 374. The monoisotopic (exact) mass is 337 g/mol. The molecule has 1 aliphatic rings. The average Bonchev–Trinajstić information content (AvgIpc) is 2.73. The third-order valence-corrected chi connectivity index (χ3v) is 4.13.